The number of ether oxygens (including phenoxy) is 2. The third kappa shape index (κ3) is 8.17. The summed E-state index contributed by atoms with van der Waals surface area (Å²) in [6.07, 6.45) is 0.712. The molecule has 11 heteroatoms. The van der Waals surface area contributed by atoms with Gasteiger partial charge in [0.25, 0.3) is 10.0 Å². The third-order valence-electron chi connectivity index (χ3n) is 6.77. The van der Waals surface area contributed by atoms with Gasteiger partial charge < -0.3 is 19.7 Å². The lowest BCUT2D eigenvalue weighted by Crippen LogP contribution is -2.52. The van der Waals surface area contributed by atoms with Crippen LogP contribution in [-0.2, 0) is 26.2 Å². The Hall–Kier alpha value is -3.76. The number of hydrogen-bond donors (Lipinski definition) is 1. The van der Waals surface area contributed by atoms with Crippen LogP contribution in [0.5, 0.6) is 11.5 Å². The number of methoxy groups -OCH3 is 1. The van der Waals surface area contributed by atoms with Gasteiger partial charge in [-0.2, -0.15) is 0 Å². The van der Waals surface area contributed by atoms with Crippen molar-refractivity contribution in [3.8, 4) is 11.5 Å². The summed E-state index contributed by atoms with van der Waals surface area (Å²) in [6, 6.07) is 18.5. The molecule has 0 bridgehead atoms. The van der Waals surface area contributed by atoms with Crippen molar-refractivity contribution >= 4 is 39.1 Å². The standard InChI is InChI=1S/C31H38ClN3O6S/c1-6-22(3)33-31(37)23(4)34(20-24-11-10-12-26(19-24)40-5)30(36)21-35(28-13-8-9-14-29(28)41-7-2)42(38,39)27-17-15-25(32)16-18-27/h8-19,22-23H,6-7,20-21H2,1-5H3,(H,33,37)/t22-,23-/m1/s1. The molecule has 0 unspecified atom stereocenters. The number of halogens is 1. The summed E-state index contributed by atoms with van der Waals surface area (Å²) in [5.41, 5.74) is 0.911. The minimum Gasteiger partial charge on any atom is -0.497 e. The van der Waals surface area contributed by atoms with Gasteiger partial charge in [0.1, 0.15) is 24.1 Å². The summed E-state index contributed by atoms with van der Waals surface area (Å²) in [4.78, 5) is 28.7. The van der Waals surface area contributed by atoms with E-state index in [4.69, 9.17) is 21.1 Å². The van der Waals surface area contributed by atoms with Crippen molar-refractivity contribution in [2.24, 2.45) is 0 Å². The molecule has 0 saturated heterocycles. The van der Waals surface area contributed by atoms with E-state index in [1.54, 1.807) is 63.4 Å². The van der Waals surface area contributed by atoms with Crippen molar-refractivity contribution in [1.82, 2.24) is 10.2 Å². The second kappa shape index (κ2) is 14.9. The van der Waals surface area contributed by atoms with Crippen LogP contribution in [0.1, 0.15) is 39.7 Å². The molecule has 0 aromatic heterocycles. The SMILES string of the molecule is CCOc1ccccc1N(CC(=O)N(Cc1cccc(OC)c1)[C@H](C)C(=O)N[C@H](C)CC)S(=O)(=O)c1ccc(Cl)cc1. The van der Waals surface area contributed by atoms with Crippen molar-refractivity contribution in [1.29, 1.82) is 0 Å². The first kappa shape index (κ1) is 32.8. The first-order valence-corrected chi connectivity index (χ1v) is 15.6. The molecule has 1 N–H and O–H groups in total. The van der Waals surface area contributed by atoms with Gasteiger partial charge in [0.15, 0.2) is 0 Å². The van der Waals surface area contributed by atoms with Crippen LogP contribution in [0, 0.1) is 0 Å². The van der Waals surface area contributed by atoms with Gasteiger partial charge in [-0.1, -0.05) is 42.8 Å². The lowest BCUT2D eigenvalue weighted by atomic mass is 10.1. The molecule has 0 aliphatic heterocycles. The molecule has 0 fully saturated rings. The summed E-state index contributed by atoms with van der Waals surface area (Å²) < 4.78 is 40.2. The molecular formula is C31H38ClN3O6S. The number of benzene rings is 3. The van der Waals surface area contributed by atoms with Gasteiger partial charge in [0.2, 0.25) is 11.8 Å². The maximum atomic E-state index is 14.1. The fraction of sp³-hybridized carbons (Fsp3) is 0.355. The molecule has 0 heterocycles. The number of rotatable bonds is 14. The average Bonchev–Trinajstić information content (AvgIpc) is 2.98. The summed E-state index contributed by atoms with van der Waals surface area (Å²) >= 11 is 6.02. The van der Waals surface area contributed by atoms with Crippen molar-refractivity contribution in [3.63, 3.8) is 0 Å². The summed E-state index contributed by atoms with van der Waals surface area (Å²) in [5, 5.41) is 3.30. The molecule has 3 rings (SSSR count). The predicted molar refractivity (Wildman–Crippen MR) is 164 cm³/mol. The Morgan fingerprint density at radius 2 is 1.67 bits per heavy atom. The van der Waals surface area contributed by atoms with Gasteiger partial charge in [0.05, 0.1) is 24.3 Å². The highest BCUT2D eigenvalue weighted by molar-refractivity contribution is 7.92. The number of amides is 2. The summed E-state index contributed by atoms with van der Waals surface area (Å²) in [7, 11) is -2.72. The fourth-order valence-corrected chi connectivity index (χ4v) is 5.75. The molecule has 3 aromatic rings. The normalized spacial score (nSPS) is 12.6. The number of para-hydroxylation sites is 2. The Bertz CT molecular complexity index is 1470. The van der Waals surface area contributed by atoms with E-state index in [1.807, 2.05) is 19.9 Å². The van der Waals surface area contributed by atoms with Crippen LogP contribution in [0.15, 0.2) is 77.7 Å². The number of anilines is 1. The van der Waals surface area contributed by atoms with E-state index >= 15 is 0 Å². The van der Waals surface area contributed by atoms with E-state index in [9.17, 15) is 18.0 Å². The van der Waals surface area contributed by atoms with Crippen molar-refractivity contribution in [2.45, 2.75) is 57.6 Å². The first-order chi connectivity index (χ1) is 20.0. The zero-order valence-electron chi connectivity index (χ0n) is 24.5. The number of nitrogens with zero attached hydrogens (tertiary/aromatic N) is 2. The van der Waals surface area contributed by atoms with E-state index in [0.29, 0.717) is 28.5 Å². The van der Waals surface area contributed by atoms with Gasteiger partial charge in [-0.25, -0.2) is 8.42 Å². The molecule has 2 atom stereocenters. The Balaban J connectivity index is 2.08. The molecule has 0 aliphatic rings. The van der Waals surface area contributed by atoms with E-state index in [-0.39, 0.29) is 35.7 Å². The minimum atomic E-state index is -4.27. The molecule has 0 radical (unpaired) electrons. The minimum absolute atomic E-state index is 0.0482. The molecule has 0 aliphatic carbocycles. The molecule has 9 nitrogen and oxygen atoms in total. The highest BCUT2D eigenvalue weighted by atomic mass is 35.5. The van der Waals surface area contributed by atoms with Crippen molar-refractivity contribution < 1.29 is 27.5 Å². The zero-order chi connectivity index (χ0) is 30.9. The van der Waals surface area contributed by atoms with Gasteiger partial charge in [-0.3, -0.25) is 13.9 Å². The predicted octanol–water partition coefficient (Wildman–Crippen LogP) is 5.27. The van der Waals surface area contributed by atoms with Gasteiger partial charge in [-0.05, 0) is 81.3 Å². The Labute approximate surface area is 253 Å². The van der Waals surface area contributed by atoms with Crippen LogP contribution in [0.4, 0.5) is 5.69 Å². The summed E-state index contributed by atoms with van der Waals surface area (Å²) in [6.45, 7) is 6.99. The van der Waals surface area contributed by atoms with Crippen LogP contribution >= 0.6 is 11.6 Å². The van der Waals surface area contributed by atoms with Crippen LogP contribution in [0.3, 0.4) is 0 Å². The quantitative estimate of drug-likeness (QED) is 0.265. The highest BCUT2D eigenvalue weighted by Crippen LogP contribution is 2.33. The lowest BCUT2D eigenvalue weighted by Gasteiger charge is -2.33. The topological polar surface area (TPSA) is 105 Å². The average molecular weight is 616 g/mol. The number of carbonyl (C=O) groups is 2. The Kier molecular flexibility index (Phi) is 11.6. The van der Waals surface area contributed by atoms with Crippen molar-refractivity contribution in [3.05, 3.63) is 83.4 Å². The zero-order valence-corrected chi connectivity index (χ0v) is 26.1. The van der Waals surface area contributed by atoms with E-state index < -0.39 is 28.5 Å². The van der Waals surface area contributed by atoms with Crippen molar-refractivity contribution in [2.75, 3.05) is 24.6 Å². The maximum Gasteiger partial charge on any atom is 0.264 e. The monoisotopic (exact) mass is 615 g/mol. The Morgan fingerprint density at radius 3 is 2.31 bits per heavy atom. The van der Waals surface area contributed by atoms with E-state index in [0.717, 1.165) is 4.31 Å². The number of hydrogen-bond acceptors (Lipinski definition) is 6. The summed E-state index contributed by atoms with van der Waals surface area (Å²) in [5.74, 6) is -0.0303. The molecule has 42 heavy (non-hydrogen) atoms. The van der Waals surface area contributed by atoms with Crippen LogP contribution < -0.4 is 19.1 Å². The maximum absolute atomic E-state index is 14.1. The van der Waals surface area contributed by atoms with Crippen LogP contribution in [-0.4, -0.2) is 57.5 Å². The highest BCUT2D eigenvalue weighted by Gasteiger charge is 2.34. The number of sulfonamides is 1. The van der Waals surface area contributed by atoms with Gasteiger partial charge in [-0.15, -0.1) is 0 Å². The van der Waals surface area contributed by atoms with E-state index in [1.165, 1.54) is 29.2 Å². The number of carbonyl (C=O) groups excluding carboxylic acids is 2. The molecular weight excluding hydrogens is 578 g/mol. The molecule has 0 saturated carbocycles. The van der Waals surface area contributed by atoms with Gasteiger partial charge >= 0.3 is 0 Å². The molecule has 2 amide bonds. The second-order valence-corrected chi connectivity index (χ2v) is 12.0. The molecule has 3 aromatic carbocycles. The largest absolute Gasteiger partial charge is 0.497 e. The first-order valence-electron chi connectivity index (χ1n) is 13.7. The molecule has 0 spiro atoms. The fourth-order valence-electron chi connectivity index (χ4n) is 4.20. The Morgan fingerprint density at radius 1 is 0.976 bits per heavy atom. The van der Waals surface area contributed by atoms with Crippen LogP contribution in [0.25, 0.3) is 0 Å². The number of nitrogens with one attached hydrogen (secondary N) is 1. The third-order valence-corrected chi connectivity index (χ3v) is 8.80. The molecule has 226 valence electrons. The van der Waals surface area contributed by atoms with E-state index in [2.05, 4.69) is 5.32 Å². The second-order valence-electron chi connectivity index (χ2n) is 9.73. The van der Waals surface area contributed by atoms with Crippen LogP contribution in [0.2, 0.25) is 5.02 Å². The van der Waals surface area contributed by atoms with Gasteiger partial charge in [0, 0.05) is 17.6 Å². The lowest BCUT2D eigenvalue weighted by molar-refractivity contribution is -0.139. The smallest absolute Gasteiger partial charge is 0.264 e.